The Hall–Kier alpha value is -0.830. The van der Waals surface area contributed by atoms with E-state index in [4.69, 9.17) is 0 Å². The molecule has 2 atom stereocenters. The lowest BCUT2D eigenvalue weighted by atomic mass is 9.98. The summed E-state index contributed by atoms with van der Waals surface area (Å²) in [7, 11) is 1.96. The molecule has 2 unspecified atom stereocenters. The van der Waals surface area contributed by atoms with E-state index in [1.54, 1.807) is 0 Å². The van der Waals surface area contributed by atoms with Crippen molar-refractivity contribution in [3.8, 4) is 0 Å². The molecule has 2 aliphatic rings. The summed E-state index contributed by atoms with van der Waals surface area (Å²) in [6.45, 7) is 4.00. The number of rotatable bonds is 3. The SMILES string of the molecule is CC/C=C(/C)C(=O)N(C)C1CC2CCC(C1)N2. The van der Waals surface area contributed by atoms with E-state index in [-0.39, 0.29) is 5.91 Å². The summed E-state index contributed by atoms with van der Waals surface area (Å²) in [5.41, 5.74) is 0.890. The van der Waals surface area contributed by atoms with Crippen LogP contribution in [-0.4, -0.2) is 36.0 Å². The molecule has 0 aromatic rings. The molecule has 2 saturated heterocycles. The van der Waals surface area contributed by atoms with E-state index in [0.29, 0.717) is 18.1 Å². The maximum absolute atomic E-state index is 12.2. The largest absolute Gasteiger partial charge is 0.339 e. The number of amides is 1. The summed E-state index contributed by atoms with van der Waals surface area (Å²) < 4.78 is 0. The summed E-state index contributed by atoms with van der Waals surface area (Å²) in [5.74, 6) is 0.207. The van der Waals surface area contributed by atoms with Crippen LogP contribution in [0.2, 0.25) is 0 Å². The first-order valence-corrected chi connectivity index (χ1v) is 6.81. The van der Waals surface area contributed by atoms with Gasteiger partial charge in [0.05, 0.1) is 0 Å². The first-order valence-electron chi connectivity index (χ1n) is 6.81. The van der Waals surface area contributed by atoms with Crippen molar-refractivity contribution in [1.29, 1.82) is 0 Å². The average Bonchev–Trinajstić information content (AvgIpc) is 2.66. The number of nitrogens with one attached hydrogen (secondary N) is 1. The van der Waals surface area contributed by atoms with Gasteiger partial charge in [0.1, 0.15) is 0 Å². The van der Waals surface area contributed by atoms with Crippen molar-refractivity contribution in [1.82, 2.24) is 10.2 Å². The minimum absolute atomic E-state index is 0.207. The highest BCUT2D eigenvalue weighted by molar-refractivity contribution is 5.92. The highest BCUT2D eigenvalue weighted by Crippen LogP contribution is 2.29. The Kier molecular flexibility index (Phi) is 3.87. The Labute approximate surface area is 104 Å². The van der Waals surface area contributed by atoms with Crippen molar-refractivity contribution in [2.45, 2.75) is 64.1 Å². The molecular formula is C14H24N2O. The zero-order chi connectivity index (χ0) is 12.4. The topological polar surface area (TPSA) is 32.3 Å². The Morgan fingerprint density at radius 3 is 2.47 bits per heavy atom. The second-order valence-corrected chi connectivity index (χ2v) is 5.47. The van der Waals surface area contributed by atoms with Gasteiger partial charge in [0, 0.05) is 30.7 Å². The lowest BCUT2D eigenvalue weighted by Crippen LogP contribution is -2.48. The highest BCUT2D eigenvalue weighted by Gasteiger charge is 2.36. The summed E-state index contributed by atoms with van der Waals surface area (Å²) in [6.07, 6.45) is 7.77. The average molecular weight is 236 g/mol. The number of hydrogen-bond acceptors (Lipinski definition) is 2. The van der Waals surface area contributed by atoms with Crippen LogP contribution in [0.5, 0.6) is 0 Å². The van der Waals surface area contributed by atoms with Gasteiger partial charge in [0.2, 0.25) is 5.91 Å². The van der Waals surface area contributed by atoms with Crippen molar-refractivity contribution in [2.24, 2.45) is 0 Å². The molecule has 0 radical (unpaired) electrons. The number of likely N-dealkylation sites (N-methyl/N-ethyl adjacent to an activating group) is 1. The molecule has 2 heterocycles. The number of hydrogen-bond donors (Lipinski definition) is 1. The molecule has 3 nitrogen and oxygen atoms in total. The monoisotopic (exact) mass is 236 g/mol. The first-order chi connectivity index (χ1) is 8.11. The van der Waals surface area contributed by atoms with E-state index in [1.165, 1.54) is 12.8 Å². The minimum atomic E-state index is 0.207. The lowest BCUT2D eigenvalue weighted by molar-refractivity contribution is -0.128. The molecule has 2 fully saturated rings. The predicted octanol–water partition coefficient (Wildman–Crippen LogP) is 2.08. The lowest BCUT2D eigenvalue weighted by Gasteiger charge is -2.35. The van der Waals surface area contributed by atoms with Gasteiger partial charge in [-0.25, -0.2) is 0 Å². The number of carbonyl (C=O) groups is 1. The smallest absolute Gasteiger partial charge is 0.249 e. The van der Waals surface area contributed by atoms with Crippen molar-refractivity contribution < 1.29 is 4.79 Å². The molecule has 2 bridgehead atoms. The molecule has 0 aromatic heterocycles. The molecule has 17 heavy (non-hydrogen) atoms. The third-order valence-corrected chi connectivity index (χ3v) is 4.16. The molecule has 3 heteroatoms. The molecule has 1 amide bonds. The normalized spacial score (nSPS) is 32.6. The summed E-state index contributed by atoms with van der Waals surface area (Å²) in [6, 6.07) is 1.72. The van der Waals surface area contributed by atoms with Crippen LogP contribution >= 0.6 is 0 Å². The van der Waals surface area contributed by atoms with E-state index in [2.05, 4.69) is 12.2 Å². The fourth-order valence-corrected chi connectivity index (χ4v) is 3.18. The Morgan fingerprint density at radius 2 is 1.94 bits per heavy atom. The third-order valence-electron chi connectivity index (χ3n) is 4.16. The standard InChI is InChI=1S/C14H24N2O/c1-4-5-10(2)14(17)16(3)13-8-11-6-7-12(9-13)15-11/h5,11-13,15H,4,6-9H2,1-3H3/b10-5-. The van der Waals surface area contributed by atoms with E-state index in [1.807, 2.05) is 24.9 Å². The highest BCUT2D eigenvalue weighted by atomic mass is 16.2. The van der Waals surface area contributed by atoms with Crippen LogP contribution in [0.15, 0.2) is 11.6 Å². The summed E-state index contributed by atoms with van der Waals surface area (Å²) >= 11 is 0. The molecule has 1 N–H and O–H groups in total. The van der Waals surface area contributed by atoms with Crippen LogP contribution in [-0.2, 0) is 4.79 Å². The maximum atomic E-state index is 12.2. The molecule has 0 aromatic carbocycles. The Morgan fingerprint density at radius 1 is 1.35 bits per heavy atom. The summed E-state index contributed by atoms with van der Waals surface area (Å²) in [4.78, 5) is 14.2. The van der Waals surface area contributed by atoms with E-state index in [9.17, 15) is 4.79 Å². The van der Waals surface area contributed by atoms with Gasteiger partial charge in [-0.1, -0.05) is 13.0 Å². The molecular weight excluding hydrogens is 212 g/mol. The number of fused-ring (bicyclic) bond motifs is 2. The van der Waals surface area contributed by atoms with Crippen LogP contribution in [0.25, 0.3) is 0 Å². The van der Waals surface area contributed by atoms with Crippen molar-refractivity contribution in [2.75, 3.05) is 7.05 Å². The Balaban J connectivity index is 1.98. The number of allylic oxidation sites excluding steroid dienone is 1. The van der Waals surface area contributed by atoms with E-state index >= 15 is 0 Å². The summed E-state index contributed by atoms with van der Waals surface area (Å²) in [5, 5.41) is 3.62. The van der Waals surface area contributed by atoms with Gasteiger partial charge in [0.15, 0.2) is 0 Å². The second-order valence-electron chi connectivity index (χ2n) is 5.47. The molecule has 0 saturated carbocycles. The van der Waals surface area contributed by atoms with E-state index < -0.39 is 0 Å². The van der Waals surface area contributed by atoms with Gasteiger partial charge in [-0.2, -0.15) is 0 Å². The predicted molar refractivity (Wildman–Crippen MR) is 69.8 cm³/mol. The number of piperidine rings is 1. The van der Waals surface area contributed by atoms with Crippen molar-refractivity contribution >= 4 is 5.91 Å². The number of nitrogens with zero attached hydrogens (tertiary/aromatic N) is 1. The fraction of sp³-hybridized carbons (Fsp3) is 0.786. The minimum Gasteiger partial charge on any atom is -0.339 e. The van der Waals surface area contributed by atoms with Crippen LogP contribution in [0.1, 0.15) is 46.0 Å². The van der Waals surface area contributed by atoms with Gasteiger partial charge < -0.3 is 10.2 Å². The fourth-order valence-electron chi connectivity index (χ4n) is 3.18. The van der Waals surface area contributed by atoms with Gasteiger partial charge in [0.25, 0.3) is 0 Å². The quantitative estimate of drug-likeness (QED) is 0.761. The first kappa shape index (κ1) is 12.6. The van der Waals surface area contributed by atoms with Crippen LogP contribution in [0, 0.1) is 0 Å². The maximum Gasteiger partial charge on any atom is 0.249 e. The molecule has 96 valence electrons. The van der Waals surface area contributed by atoms with Crippen LogP contribution in [0.4, 0.5) is 0 Å². The Bertz CT molecular complexity index is 312. The van der Waals surface area contributed by atoms with E-state index in [0.717, 1.165) is 24.8 Å². The third kappa shape index (κ3) is 2.71. The second kappa shape index (κ2) is 5.21. The van der Waals surface area contributed by atoms with Gasteiger partial charge in [-0.05, 0) is 39.0 Å². The van der Waals surface area contributed by atoms with Gasteiger partial charge >= 0.3 is 0 Å². The van der Waals surface area contributed by atoms with Crippen LogP contribution in [0.3, 0.4) is 0 Å². The van der Waals surface area contributed by atoms with Gasteiger partial charge in [-0.3, -0.25) is 4.79 Å². The zero-order valence-electron chi connectivity index (χ0n) is 11.2. The molecule has 2 aliphatic heterocycles. The number of carbonyl (C=O) groups excluding carboxylic acids is 1. The van der Waals surface area contributed by atoms with Gasteiger partial charge in [-0.15, -0.1) is 0 Å². The van der Waals surface area contributed by atoms with Crippen LogP contribution < -0.4 is 5.32 Å². The zero-order valence-corrected chi connectivity index (χ0v) is 11.2. The van der Waals surface area contributed by atoms with Crippen molar-refractivity contribution in [3.63, 3.8) is 0 Å². The molecule has 0 spiro atoms. The van der Waals surface area contributed by atoms with Crippen molar-refractivity contribution in [3.05, 3.63) is 11.6 Å². The molecule has 2 rings (SSSR count). The molecule has 0 aliphatic carbocycles.